The van der Waals surface area contributed by atoms with Crippen molar-refractivity contribution in [2.75, 3.05) is 6.54 Å². The van der Waals surface area contributed by atoms with Gasteiger partial charge in [0.1, 0.15) is 0 Å². The van der Waals surface area contributed by atoms with Crippen molar-refractivity contribution < 1.29 is 35.5 Å². The van der Waals surface area contributed by atoms with Crippen LogP contribution in [0.1, 0.15) is 21.5 Å². The van der Waals surface area contributed by atoms with Gasteiger partial charge in [-0.05, 0) is 29.8 Å². The molecule has 0 saturated heterocycles. The number of nitrogens with one attached hydrogen (secondary N) is 1. The average molecular weight is 477 g/mol. The van der Waals surface area contributed by atoms with Crippen molar-refractivity contribution in [2.24, 2.45) is 0 Å². The number of alkyl halides is 5. The third-order valence-electron chi connectivity index (χ3n) is 4.44. The zero-order chi connectivity index (χ0) is 23.7. The van der Waals surface area contributed by atoms with Gasteiger partial charge in [0.25, 0.3) is 11.8 Å². The lowest BCUT2D eigenvalue weighted by Crippen LogP contribution is -2.36. The van der Waals surface area contributed by atoms with Crippen LogP contribution in [0.25, 0.3) is 11.1 Å². The van der Waals surface area contributed by atoms with E-state index < -0.39 is 58.0 Å². The Balaban J connectivity index is 1.80. The predicted octanol–water partition coefficient (Wildman–Crippen LogP) is 6.22. The van der Waals surface area contributed by atoms with Crippen molar-refractivity contribution in [1.29, 1.82) is 0 Å². The first kappa shape index (κ1) is 23.5. The fourth-order valence-corrected chi connectivity index (χ4v) is 3.20. The molecular weight excluding hydrogens is 465 g/mol. The number of carbonyl (C=O) groups is 1. The minimum absolute atomic E-state index is 0.0812. The van der Waals surface area contributed by atoms with Crippen LogP contribution in [0.15, 0.2) is 54.7 Å². The number of amides is 1. The van der Waals surface area contributed by atoms with Gasteiger partial charge in [-0.1, -0.05) is 35.9 Å². The molecule has 0 unspecified atom stereocenters. The standard InChI is InChI=1S/C21H12ClF7N2O/c22-16-7-11(12-8-17(23)18(24)30-9-12)5-6-15(16)20(25,26)10-31-19(32)13-3-1-2-4-14(13)21(27,28)29/h1-9H,10H2,(H,31,32). The molecule has 0 radical (unpaired) electrons. The van der Waals surface area contributed by atoms with Crippen molar-refractivity contribution in [2.45, 2.75) is 12.1 Å². The molecule has 32 heavy (non-hydrogen) atoms. The Kier molecular flexibility index (Phi) is 6.45. The van der Waals surface area contributed by atoms with Crippen LogP contribution in [0.3, 0.4) is 0 Å². The first-order valence-electron chi connectivity index (χ1n) is 8.84. The lowest BCUT2D eigenvalue weighted by atomic mass is 10.0. The summed E-state index contributed by atoms with van der Waals surface area (Å²) in [6.45, 7) is -1.33. The number of rotatable bonds is 5. The molecule has 0 saturated carbocycles. The van der Waals surface area contributed by atoms with E-state index in [0.29, 0.717) is 6.07 Å². The zero-order valence-corrected chi connectivity index (χ0v) is 16.5. The Labute approximate surface area is 181 Å². The van der Waals surface area contributed by atoms with E-state index in [-0.39, 0.29) is 11.1 Å². The Hall–Kier alpha value is -3.14. The molecule has 3 nitrogen and oxygen atoms in total. The second-order valence-corrected chi connectivity index (χ2v) is 7.03. The van der Waals surface area contributed by atoms with E-state index in [1.165, 1.54) is 6.07 Å². The van der Waals surface area contributed by atoms with Crippen LogP contribution < -0.4 is 5.32 Å². The Morgan fingerprint density at radius 1 is 0.938 bits per heavy atom. The molecule has 0 aliphatic heterocycles. The van der Waals surface area contributed by atoms with Gasteiger partial charge in [0.15, 0.2) is 5.82 Å². The van der Waals surface area contributed by atoms with Gasteiger partial charge in [-0.3, -0.25) is 4.79 Å². The van der Waals surface area contributed by atoms with Crippen molar-refractivity contribution in [3.63, 3.8) is 0 Å². The van der Waals surface area contributed by atoms with Gasteiger partial charge in [-0.2, -0.15) is 26.3 Å². The molecule has 0 spiro atoms. The largest absolute Gasteiger partial charge is 0.417 e. The second-order valence-electron chi connectivity index (χ2n) is 6.62. The molecule has 168 valence electrons. The van der Waals surface area contributed by atoms with Gasteiger partial charge in [-0.25, -0.2) is 9.37 Å². The van der Waals surface area contributed by atoms with E-state index in [1.54, 1.807) is 5.32 Å². The maximum absolute atomic E-state index is 14.6. The molecule has 0 aliphatic rings. The number of halogens is 8. The van der Waals surface area contributed by atoms with Gasteiger partial charge in [0.05, 0.1) is 22.7 Å². The lowest BCUT2D eigenvalue weighted by molar-refractivity contribution is -0.137. The van der Waals surface area contributed by atoms with Crippen molar-refractivity contribution in [3.8, 4) is 11.1 Å². The monoisotopic (exact) mass is 476 g/mol. The lowest BCUT2D eigenvalue weighted by Gasteiger charge is -2.20. The maximum atomic E-state index is 14.6. The quantitative estimate of drug-likeness (QED) is 0.351. The zero-order valence-electron chi connectivity index (χ0n) is 15.8. The summed E-state index contributed by atoms with van der Waals surface area (Å²) in [6, 6.07) is 7.72. The molecule has 2 aromatic carbocycles. The smallest absolute Gasteiger partial charge is 0.346 e. The fourth-order valence-electron chi connectivity index (χ4n) is 2.88. The summed E-state index contributed by atoms with van der Waals surface area (Å²) in [4.78, 5) is 15.3. The Morgan fingerprint density at radius 2 is 1.62 bits per heavy atom. The molecule has 0 bridgehead atoms. The summed E-state index contributed by atoms with van der Waals surface area (Å²) in [5.74, 6) is -7.65. The molecule has 0 atom stereocenters. The highest BCUT2D eigenvalue weighted by molar-refractivity contribution is 6.31. The summed E-state index contributed by atoms with van der Waals surface area (Å²) in [6.07, 6.45) is -3.86. The molecule has 1 N–H and O–H groups in total. The number of benzene rings is 2. The highest BCUT2D eigenvalue weighted by atomic mass is 35.5. The predicted molar refractivity (Wildman–Crippen MR) is 102 cm³/mol. The molecule has 1 heterocycles. The van der Waals surface area contributed by atoms with E-state index >= 15 is 0 Å². The molecule has 3 rings (SSSR count). The highest BCUT2D eigenvalue weighted by Gasteiger charge is 2.37. The van der Waals surface area contributed by atoms with E-state index in [1.807, 2.05) is 0 Å². The van der Waals surface area contributed by atoms with E-state index in [9.17, 15) is 35.5 Å². The van der Waals surface area contributed by atoms with Crippen molar-refractivity contribution >= 4 is 17.5 Å². The molecule has 11 heteroatoms. The van der Waals surface area contributed by atoms with Crippen LogP contribution in [-0.4, -0.2) is 17.4 Å². The third-order valence-corrected chi connectivity index (χ3v) is 4.75. The van der Waals surface area contributed by atoms with Gasteiger partial charge in [0, 0.05) is 17.3 Å². The molecule has 3 aromatic rings. The number of pyridine rings is 1. The summed E-state index contributed by atoms with van der Waals surface area (Å²) in [5.41, 5.74) is -2.53. The number of hydrogen-bond donors (Lipinski definition) is 1. The molecule has 0 fully saturated rings. The van der Waals surface area contributed by atoms with Crippen molar-refractivity contribution in [3.05, 3.63) is 88.2 Å². The summed E-state index contributed by atoms with van der Waals surface area (Å²) in [5, 5.41) is 1.33. The minimum atomic E-state index is -4.84. The first-order chi connectivity index (χ1) is 14.9. The normalized spacial score (nSPS) is 12.0. The van der Waals surface area contributed by atoms with Gasteiger partial charge < -0.3 is 5.32 Å². The average Bonchev–Trinajstić information content (AvgIpc) is 2.73. The molecule has 1 amide bonds. The molecule has 0 aliphatic carbocycles. The minimum Gasteiger partial charge on any atom is -0.346 e. The van der Waals surface area contributed by atoms with Gasteiger partial charge in [0.2, 0.25) is 5.95 Å². The topological polar surface area (TPSA) is 42.0 Å². The summed E-state index contributed by atoms with van der Waals surface area (Å²) < 4.78 is 94.7. The van der Waals surface area contributed by atoms with Crippen LogP contribution >= 0.6 is 11.6 Å². The first-order valence-corrected chi connectivity index (χ1v) is 9.21. The van der Waals surface area contributed by atoms with Crippen molar-refractivity contribution in [1.82, 2.24) is 10.3 Å². The maximum Gasteiger partial charge on any atom is 0.417 e. The molecule has 1 aromatic heterocycles. The molecular formula is C21H12ClF7N2O. The van der Waals surface area contributed by atoms with Crippen LogP contribution in [0.5, 0.6) is 0 Å². The van der Waals surface area contributed by atoms with E-state index in [4.69, 9.17) is 11.6 Å². The van der Waals surface area contributed by atoms with E-state index in [2.05, 4.69) is 4.98 Å². The number of hydrogen-bond acceptors (Lipinski definition) is 2. The van der Waals surface area contributed by atoms with E-state index in [0.717, 1.165) is 42.6 Å². The van der Waals surface area contributed by atoms with Crippen LogP contribution in [0.4, 0.5) is 30.7 Å². The van der Waals surface area contributed by atoms with Crippen LogP contribution in [0.2, 0.25) is 5.02 Å². The number of carbonyl (C=O) groups excluding carboxylic acids is 1. The van der Waals surface area contributed by atoms with Gasteiger partial charge in [-0.15, -0.1) is 0 Å². The van der Waals surface area contributed by atoms with Gasteiger partial charge >= 0.3 is 6.18 Å². The third kappa shape index (κ3) is 5.01. The Morgan fingerprint density at radius 3 is 2.25 bits per heavy atom. The summed E-state index contributed by atoms with van der Waals surface area (Å²) in [7, 11) is 0. The fraction of sp³-hybridized carbons (Fsp3) is 0.143. The van der Waals surface area contributed by atoms with Crippen LogP contribution in [0, 0.1) is 11.8 Å². The number of nitrogens with zero attached hydrogens (tertiary/aromatic N) is 1. The summed E-state index contributed by atoms with van der Waals surface area (Å²) >= 11 is 5.92. The second kappa shape index (κ2) is 8.78. The Bertz CT molecular complexity index is 1170. The highest BCUT2D eigenvalue weighted by Crippen LogP contribution is 2.36. The SMILES string of the molecule is O=C(NCC(F)(F)c1ccc(-c2cnc(F)c(F)c2)cc1Cl)c1ccccc1C(F)(F)F. The number of aromatic nitrogens is 1. The van der Waals surface area contributed by atoms with Crippen LogP contribution in [-0.2, 0) is 12.1 Å².